The van der Waals surface area contributed by atoms with Gasteiger partial charge in [0.15, 0.2) is 5.60 Å². The van der Waals surface area contributed by atoms with E-state index >= 15 is 0 Å². The maximum absolute atomic E-state index is 11.7. The molecule has 0 bridgehead atoms. The van der Waals surface area contributed by atoms with Gasteiger partial charge in [0.2, 0.25) is 0 Å². The average molecular weight is 370 g/mol. The number of aliphatic hydroxyl groups is 1. The maximum Gasteiger partial charge on any atom is 0.340 e. The van der Waals surface area contributed by atoms with Crippen LogP contribution in [0.4, 0.5) is 0 Å². The molecule has 0 rings (SSSR count). The molecule has 0 aliphatic carbocycles. The van der Waals surface area contributed by atoms with Crippen LogP contribution < -0.4 is 0 Å². The van der Waals surface area contributed by atoms with E-state index < -0.39 is 27.4 Å². The van der Waals surface area contributed by atoms with E-state index in [1.165, 1.54) is 25.7 Å². The lowest BCUT2D eigenvalue weighted by molar-refractivity contribution is -0.155. The first kappa shape index (κ1) is 22.8. The fourth-order valence-corrected chi connectivity index (χ4v) is 3.27. The second-order valence-electron chi connectivity index (χ2n) is 6.05. The zero-order valence-corrected chi connectivity index (χ0v) is 16.0. The van der Waals surface area contributed by atoms with Gasteiger partial charge < -0.3 is 9.63 Å². The van der Waals surface area contributed by atoms with Crippen molar-refractivity contribution in [1.29, 1.82) is 0 Å². The number of unbranched alkanes of at least 4 members (excludes halogenated alkanes) is 7. The van der Waals surface area contributed by atoms with Crippen molar-refractivity contribution in [2.75, 3.05) is 5.75 Å². The molecule has 2 atom stereocenters. The number of carbonyl (C=O) groups is 1. The predicted octanol–water partition coefficient (Wildman–Crippen LogP) is 3.25. The Hall–Kier alpha value is -0.230. The van der Waals surface area contributed by atoms with Gasteiger partial charge in [-0.1, -0.05) is 51.9 Å². The molecule has 6 nitrogen and oxygen atoms in total. The highest BCUT2D eigenvalue weighted by molar-refractivity contribution is 7.85. The van der Waals surface area contributed by atoms with E-state index in [-0.39, 0.29) is 19.3 Å². The van der Waals surface area contributed by atoms with E-state index in [0.29, 0.717) is 6.42 Å². The van der Waals surface area contributed by atoms with E-state index in [1.54, 1.807) is 9.47 Å². The van der Waals surface area contributed by atoms with Crippen molar-refractivity contribution in [2.45, 2.75) is 83.2 Å². The van der Waals surface area contributed by atoms with Crippen molar-refractivity contribution >= 4 is 25.6 Å². The highest BCUT2D eigenvalue weighted by Gasteiger charge is 2.36. The average Bonchev–Trinajstić information content (AvgIpc) is 2.47. The summed E-state index contributed by atoms with van der Waals surface area (Å²) >= 11 is 0. The molecule has 0 aromatic rings. The molecule has 0 saturated heterocycles. The van der Waals surface area contributed by atoms with Crippen LogP contribution in [0.3, 0.4) is 0 Å². The van der Waals surface area contributed by atoms with Crippen LogP contribution in [0.5, 0.6) is 0 Å². The molecule has 8 heteroatoms. The van der Waals surface area contributed by atoms with Crippen LogP contribution >= 0.6 is 9.47 Å². The maximum atomic E-state index is 11.7. The predicted molar refractivity (Wildman–Crippen MR) is 93.6 cm³/mol. The Morgan fingerprint density at radius 2 is 1.48 bits per heavy atom. The summed E-state index contributed by atoms with van der Waals surface area (Å²) in [6, 6.07) is 0. The molecule has 0 spiro atoms. The summed E-state index contributed by atoms with van der Waals surface area (Å²) in [7, 11) is -2.28. The molecule has 0 radical (unpaired) electrons. The second kappa shape index (κ2) is 12.2. The molecule has 0 aromatic carbocycles. The molecule has 23 heavy (non-hydrogen) atoms. The van der Waals surface area contributed by atoms with E-state index in [1.807, 2.05) is 0 Å². The van der Waals surface area contributed by atoms with Gasteiger partial charge in [0, 0.05) is 0 Å². The van der Waals surface area contributed by atoms with Crippen LogP contribution in [-0.4, -0.2) is 35.4 Å². The molecule has 0 aliphatic heterocycles. The van der Waals surface area contributed by atoms with E-state index in [2.05, 4.69) is 11.4 Å². The molecule has 0 amide bonds. The molecule has 0 aliphatic rings. The summed E-state index contributed by atoms with van der Waals surface area (Å²) in [6.07, 6.45) is 8.92. The molecular formula is C15H31O6PS. The Bertz CT molecular complexity index is 426. The van der Waals surface area contributed by atoms with E-state index in [0.717, 1.165) is 19.3 Å². The molecule has 0 heterocycles. The monoisotopic (exact) mass is 370 g/mol. The third-order valence-corrected chi connectivity index (χ3v) is 4.94. The minimum absolute atomic E-state index is 0.00607. The topological polar surface area (TPSA) is 101 Å². The van der Waals surface area contributed by atoms with Gasteiger partial charge in [-0.2, -0.15) is 8.42 Å². The summed E-state index contributed by atoms with van der Waals surface area (Å²) in [5.41, 5.74) is -1.69. The van der Waals surface area contributed by atoms with E-state index in [4.69, 9.17) is 4.55 Å². The van der Waals surface area contributed by atoms with Gasteiger partial charge in [-0.25, -0.2) is 4.79 Å². The number of carbonyl (C=O) groups excluding carboxylic acids is 1. The zero-order valence-electron chi connectivity index (χ0n) is 14.0. The lowest BCUT2D eigenvalue weighted by Gasteiger charge is -2.25. The summed E-state index contributed by atoms with van der Waals surface area (Å²) in [6.45, 7) is 2.17. The van der Waals surface area contributed by atoms with Crippen molar-refractivity contribution in [3.8, 4) is 0 Å². The molecule has 2 unspecified atom stereocenters. The van der Waals surface area contributed by atoms with Crippen molar-refractivity contribution in [1.82, 2.24) is 0 Å². The largest absolute Gasteiger partial charge is 0.449 e. The Morgan fingerprint density at radius 1 is 1.00 bits per heavy atom. The lowest BCUT2D eigenvalue weighted by atomic mass is 9.91. The fourth-order valence-electron chi connectivity index (χ4n) is 2.54. The smallest absolute Gasteiger partial charge is 0.340 e. The molecule has 0 fully saturated rings. The standard InChI is InChI=1S/C15H31O6PS/c1-2-3-4-5-6-7-8-9-11-15(17,14(16)21-22)12-10-13-23(18,19)20/h17H,2-13,22H2,1H3,(H,18,19,20). The quantitative estimate of drug-likeness (QED) is 0.276. The summed E-state index contributed by atoms with van der Waals surface area (Å²) in [5, 5.41) is 10.4. The van der Waals surface area contributed by atoms with Crippen LogP contribution in [0.25, 0.3) is 0 Å². The van der Waals surface area contributed by atoms with Crippen molar-refractivity contribution in [3.63, 3.8) is 0 Å². The van der Waals surface area contributed by atoms with Gasteiger partial charge in [-0.3, -0.25) is 4.55 Å². The van der Waals surface area contributed by atoms with Crippen molar-refractivity contribution in [2.24, 2.45) is 0 Å². The molecule has 138 valence electrons. The van der Waals surface area contributed by atoms with Crippen LogP contribution in [0.15, 0.2) is 0 Å². The van der Waals surface area contributed by atoms with Gasteiger partial charge in [0.25, 0.3) is 10.1 Å². The molecule has 2 N–H and O–H groups in total. The highest BCUT2D eigenvalue weighted by atomic mass is 32.2. The van der Waals surface area contributed by atoms with Gasteiger partial charge >= 0.3 is 5.97 Å². The Kier molecular flexibility index (Phi) is 12.1. The molecule has 0 aromatic heterocycles. The molecule has 0 saturated carbocycles. The van der Waals surface area contributed by atoms with E-state index in [9.17, 15) is 18.3 Å². The zero-order chi connectivity index (χ0) is 17.8. The number of hydrogen-bond donors (Lipinski definition) is 2. The van der Waals surface area contributed by atoms with Gasteiger partial charge in [-0.15, -0.1) is 0 Å². The van der Waals surface area contributed by atoms with Gasteiger partial charge in [0.05, 0.1) is 15.2 Å². The normalized spacial score (nSPS) is 14.4. The first-order valence-corrected chi connectivity index (χ1v) is 10.4. The second-order valence-corrected chi connectivity index (χ2v) is 7.86. The third kappa shape index (κ3) is 11.9. The van der Waals surface area contributed by atoms with Crippen molar-refractivity contribution < 1.29 is 27.4 Å². The minimum Gasteiger partial charge on any atom is -0.449 e. The summed E-state index contributed by atoms with van der Waals surface area (Å²) < 4.78 is 34.7. The van der Waals surface area contributed by atoms with Crippen LogP contribution in [0, 0.1) is 0 Å². The summed E-state index contributed by atoms with van der Waals surface area (Å²) in [4.78, 5) is 11.7. The number of rotatable bonds is 14. The van der Waals surface area contributed by atoms with Crippen molar-refractivity contribution in [3.05, 3.63) is 0 Å². The lowest BCUT2D eigenvalue weighted by Crippen LogP contribution is -2.39. The van der Waals surface area contributed by atoms with Gasteiger partial charge in [-0.05, 0) is 25.7 Å². The Labute approximate surface area is 142 Å². The Morgan fingerprint density at radius 3 is 1.96 bits per heavy atom. The fraction of sp³-hybridized carbons (Fsp3) is 0.933. The Balaban J connectivity index is 4.11. The first-order valence-electron chi connectivity index (χ1n) is 8.34. The first-order chi connectivity index (χ1) is 10.7. The van der Waals surface area contributed by atoms with Gasteiger partial charge in [0.1, 0.15) is 0 Å². The number of hydrogen-bond acceptors (Lipinski definition) is 5. The molecular weight excluding hydrogens is 339 g/mol. The van der Waals surface area contributed by atoms with Crippen LogP contribution in [0.2, 0.25) is 0 Å². The van der Waals surface area contributed by atoms with Crippen LogP contribution in [0.1, 0.15) is 77.6 Å². The minimum atomic E-state index is -4.09. The van der Waals surface area contributed by atoms with Crippen LogP contribution in [-0.2, 0) is 19.4 Å². The summed E-state index contributed by atoms with van der Waals surface area (Å²) in [5.74, 6) is -1.25. The SMILES string of the molecule is CCCCCCCCCCC(O)(CCCS(=O)(=O)O)C(=O)OP. The highest BCUT2D eigenvalue weighted by Crippen LogP contribution is 2.24. The third-order valence-electron chi connectivity index (χ3n) is 3.92.